The molecular weight excluding hydrogens is 212 g/mol. The maximum atomic E-state index is 11.8. The summed E-state index contributed by atoms with van der Waals surface area (Å²) in [5.74, 6) is 0. The predicted octanol–water partition coefficient (Wildman–Crippen LogP) is 4.17. The molecule has 2 aromatic carbocycles. The molecule has 0 aliphatic carbocycles. The average molecular weight is 226 g/mol. The van der Waals surface area contributed by atoms with E-state index in [2.05, 4.69) is 5.11 Å². The van der Waals surface area contributed by atoms with E-state index in [1.165, 1.54) is 0 Å². The Morgan fingerprint density at radius 2 is 1.65 bits per heavy atom. The van der Waals surface area contributed by atoms with Crippen molar-refractivity contribution in [1.29, 1.82) is 0 Å². The highest BCUT2D eigenvalue weighted by Crippen LogP contribution is 2.21. The highest BCUT2D eigenvalue weighted by atomic mass is 16.5. The molecule has 2 aromatic rings. The van der Waals surface area contributed by atoms with E-state index >= 15 is 0 Å². The van der Waals surface area contributed by atoms with Crippen LogP contribution in [0, 0.1) is 5.21 Å². The molecule has 0 atom stereocenters. The van der Waals surface area contributed by atoms with Crippen LogP contribution in [0.15, 0.2) is 59.7 Å². The zero-order chi connectivity index (χ0) is 12.1. The molecule has 0 aliphatic heterocycles. The lowest BCUT2D eigenvalue weighted by Crippen LogP contribution is -1.91. The fourth-order valence-electron chi connectivity index (χ4n) is 1.62. The summed E-state index contributed by atoms with van der Waals surface area (Å²) in [6, 6.07) is 16.7. The molecule has 0 saturated heterocycles. The summed E-state index contributed by atoms with van der Waals surface area (Å²) in [6.07, 6.45) is 0.863. The van der Waals surface area contributed by atoms with Crippen LogP contribution in [0.5, 0.6) is 0 Å². The van der Waals surface area contributed by atoms with Crippen molar-refractivity contribution in [3.8, 4) is 0 Å². The second kappa shape index (κ2) is 5.25. The molecule has 0 spiro atoms. The summed E-state index contributed by atoms with van der Waals surface area (Å²) in [5, 5.41) is 15.9. The predicted molar refractivity (Wildman–Crippen MR) is 67.6 cm³/mol. The molecule has 0 N–H and O–H groups in total. The maximum absolute atomic E-state index is 11.8. The van der Waals surface area contributed by atoms with Crippen LogP contribution in [0.1, 0.15) is 12.5 Å². The standard InChI is InChI=1S/C14H14N2O/c1-2-12-8-6-7-11-14(12)15-16(17)13-9-4-3-5-10-13/h3-11H,2H2,1H3. The van der Waals surface area contributed by atoms with Crippen LogP contribution in [-0.4, -0.2) is 4.86 Å². The normalized spacial score (nSPS) is 11.5. The fraction of sp³-hybridized carbons (Fsp3) is 0.143. The van der Waals surface area contributed by atoms with Gasteiger partial charge in [0.2, 0.25) is 5.69 Å². The van der Waals surface area contributed by atoms with Crippen LogP contribution in [0.4, 0.5) is 11.4 Å². The molecule has 0 heterocycles. The molecule has 0 amide bonds. The van der Waals surface area contributed by atoms with Crippen molar-refractivity contribution in [2.75, 3.05) is 0 Å². The molecule has 3 heteroatoms. The Morgan fingerprint density at radius 1 is 1.00 bits per heavy atom. The molecule has 86 valence electrons. The van der Waals surface area contributed by atoms with Crippen LogP contribution in [0.2, 0.25) is 0 Å². The third-order valence-corrected chi connectivity index (χ3v) is 2.55. The van der Waals surface area contributed by atoms with Gasteiger partial charge in [0.25, 0.3) is 0 Å². The van der Waals surface area contributed by atoms with Gasteiger partial charge in [-0.3, -0.25) is 0 Å². The third-order valence-electron chi connectivity index (χ3n) is 2.55. The number of hydrogen-bond donors (Lipinski definition) is 0. The Labute approximate surface area is 101 Å². The molecule has 3 nitrogen and oxygen atoms in total. The Hall–Kier alpha value is -2.16. The molecule has 0 aromatic heterocycles. The SMILES string of the molecule is CCc1ccccc1N=[N+]([O-])c1ccccc1. The Bertz CT molecular complexity index is 521. The molecule has 0 radical (unpaired) electrons. The smallest absolute Gasteiger partial charge is 0.244 e. The first-order chi connectivity index (χ1) is 8.31. The molecular formula is C14H14N2O. The van der Waals surface area contributed by atoms with Gasteiger partial charge in [-0.15, -0.1) is 0 Å². The first kappa shape index (κ1) is 11.3. The minimum absolute atomic E-state index is 0.540. The van der Waals surface area contributed by atoms with E-state index in [9.17, 15) is 5.21 Å². The Kier molecular flexibility index (Phi) is 3.50. The molecule has 0 saturated carbocycles. The molecule has 0 unspecified atom stereocenters. The van der Waals surface area contributed by atoms with Crippen molar-refractivity contribution in [3.63, 3.8) is 0 Å². The van der Waals surface area contributed by atoms with Crippen molar-refractivity contribution < 1.29 is 4.86 Å². The van der Waals surface area contributed by atoms with Gasteiger partial charge in [0.15, 0.2) is 0 Å². The van der Waals surface area contributed by atoms with Crippen molar-refractivity contribution in [3.05, 3.63) is 65.4 Å². The van der Waals surface area contributed by atoms with Gasteiger partial charge in [-0.25, -0.2) is 0 Å². The van der Waals surface area contributed by atoms with Gasteiger partial charge in [0.1, 0.15) is 5.69 Å². The van der Waals surface area contributed by atoms with E-state index < -0.39 is 0 Å². The van der Waals surface area contributed by atoms with Crippen LogP contribution in [0.3, 0.4) is 0 Å². The average Bonchev–Trinajstić information content (AvgIpc) is 2.40. The van der Waals surface area contributed by atoms with Gasteiger partial charge in [0.05, 0.1) is 0 Å². The van der Waals surface area contributed by atoms with E-state index in [1.54, 1.807) is 12.1 Å². The van der Waals surface area contributed by atoms with Crippen LogP contribution in [-0.2, 0) is 6.42 Å². The van der Waals surface area contributed by atoms with Gasteiger partial charge < -0.3 is 5.21 Å². The number of rotatable bonds is 3. The van der Waals surface area contributed by atoms with E-state index in [4.69, 9.17) is 0 Å². The zero-order valence-corrected chi connectivity index (χ0v) is 9.71. The second-order valence-corrected chi connectivity index (χ2v) is 3.69. The number of nitrogens with zero attached hydrogens (tertiary/aromatic N) is 2. The Morgan fingerprint density at radius 3 is 2.35 bits per heavy atom. The minimum Gasteiger partial charge on any atom is -0.594 e. The van der Waals surface area contributed by atoms with E-state index in [0.29, 0.717) is 10.5 Å². The molecule has 2 rings (SSSR count). The lowest BCUT2D eigenvalue weighted by Gasteiger charge is -2.02. The van der Waals surface area contributed by atoms with Crippen LogP contribution >= 0.6 is 0 Å². The van der Waals surface area contributed by atoms with E-state index in [0.717, 1.165) is 17.7 Å². The summed E-state index contributed by atoms with van der Waals surface area (Å²) < 4.78 is 0. The van der Waals surface area contributed by atoms with Crippen molar-refractivity contribution in [2.24, 2.45) is 5.11 Å². The van der Waals surface area contributed by atoms with Crippen molar-refractivity contribution >= 4 is 11.4 Å². The lowest BCUT2D eigenvalue weighted by atomic mass is 10.1. The molecule has 0 fully saturated rings. The van der Waals surface area contributed by atoms with Gasteiger partial charge in [-0.1, -0.05) is 48.2 Å². The molecule has 17 heavy (non-hydrogen) atoms. The first-order valence-corrected chi connectivity index (χ1v) is 5.63. The summed E-state index contributed by atoms with van der Waals surface area (Å²) in [7, 11) is 0. The second-order valence-electron chi connectivity index (χ2n) is 3.69. The summed E-state index contributed by atoms with van der Waals surface area (Å²) in [4.78, 5) is 0.661. The van der Waals surface area contributed by atoms with Crippen LogP contribution in [0.25, 0.3) is 0 Å². The number of para-hydroxylation sites is 1. The van der Waals surface area contributed by atoms with E-state index in [-0.39, 0.29) is 0 Å². The fourth-order valence-corrected chi connectivity index (χ4v) is 1.62. The van der Waals surface area contributed by atoms with Gasteiger partial charge in [0, 0.05) is 17.2 Å². The largest absolute Gasteiger partial charge is 0.594 e. The summed E-state index contributed by atoms with van der Waals surface area (Å²) in [6.45, 7) is 2.05. The zero-order valence-electron chi connectivity index (χ0n) is 9.71. The quantitative estimate of drug-likeness (QED) is 0.439. The Balaban J connectivity index is 2.36. The molecule has 0 bridgehead atoms. The maximum Gasteiger partial charge on any atom is 0.244 e. The van der Waals surface area contributed by atoms with Crippen molar-refractivity contribution in [1.82, 2.24) is 0 Å². The van der Waals surface area contributed by atoms with Crippen LogP contribution < -0.4 is 0 Å². The van der Waals surface area contributed by atoms with Gasteiger partial charge in [-0.05, 0) is 18.1 Å². The number of aryl methyl sites for hydroxylation is 1. The highest BCUT2D eigenvalue weighted by molar-refractivity contribution is 5.44. The van der Waals surface area contributed by atoms with E-state index in [1.807, 2.05) is 49.4 Å². The van der Waals surface area contributed by atoms with Gasteiger partial charge >= 0.3 is 0 Å². The topological polar surface area (TPSA) is 38.4 Å². The van der Waals surface area contributed by atoms with Gasteiger partial charge in [-0.2, -0.15) is 0 Å². The van der Waals surface area contributed by atoms with Crippen molar-refractivity contribution in [2.45, 2.75) is 13.3 Å². The lowest BCUT2D eigenvalue weighted by molar-refractivity contribution is -0.435. The first-order valence-electron chi connectivity index (χ1n) is 5.63. The summed E-state index contributed by atoms with van der Waals surface area (Å²) in [5.41, 5.74) is 2.34. The number of benzene rings is 2. The molecule has 0 aliphatic rings. The monoisotopic (exact) mass is 226 g/mol. The number of hydrogen-bond acceptors (Lipinski definition) is 2. The minimum atomic E-state index is 0.540. The number of azo groups is 1. The summed E-state index contributed by atoms with van der Waals surface area (Å²) >= 11 is 0. The highest BCUT2D eigenvalue weighted by Gasteiger charge is 2.05. The third kappa shape index (κ3) is 2.69.